The number of halogens is 2. The highest BCUT2D eigenvalue weighted by atomic mass is 35.5. The number of rotatable bonds is 1. The van der Waals surface area contributed by atoms with Crippen LogP contribution in [0.2, 0.25) is 5.02 Å². The highest BCUT2D eigenvalue weighted by Crippen LogP contribution is 2.57. The lowest BCUT2D eigenvalue weighted by molar-refractivity contribution is 0.470. The van der Waals surface area contributed by atoms with E-state index in [9.17, 15) is 18.6 Å². The predicted molar refractivity (Wildman–Crippen MR) is 90.0 cm³/mol. The number of nitriles is 1. The standard InChI is InChI=1S/C14H10ClFN4O3S/c15-8-4-11(21)13-12(5-8)24(22,23)20-14(19-13)18-10-3-7(6-17)1-2-9(10)16/h1-5,21-23H,(H2,18,19,20). The molecule has 2 aromatic carbocycles. The van der Waals surface area contributed by atoms with Crippen molar-refractivity contribution in [3.63, 3.8) is 0 Å². The Bertz CT molecular complexity index is 914. The van der Waals surface area contributed by atoms with Crippen molar-refractivity contribution < 1.29 is 18.6 Å². The van der Waals surface area contributed by atoms with E-state index in [2.05, 4.69) is 15.0 Å². The monoisotopic (exact) mass is 368 g/mol. The molecule has 0 spiro atoms. The Hall–Kier alpha value is -2.51. The number of hydrogen-bond donors (Lipinski definition) is 5. The Morgan fingerprint density at radius 2 is 2.04 bits per heavy atom. The Kier molecular flexibility index (Phi) is 3.98. The van der Waals surface area contributed by atoms with Crippen molar-refractivity contribution in [3.05, 3.63) is 46.7 Å². The first-order valence-corrected chi connectivity index (χ1v) is 8.33. The number of guanidine groups is 1. The molecule has 10 heteroatoms. The second-order valence-electron chi connectivity index (χ2n) is 4.81. The molecule has 1 aliphatic heterocycles. The van der Waals surface area contributed by atoms with Crippen molar-refractivity contribution in [2.75, 3.05) is 10.6 Å². The molecule has 0 atom stereocenters. The number of fused-ring (bicyclic) bond motifs is 1. The summed E-state index contributed by atoms with van der Waals surface area (Å²) in [6, 6.07) is 7.96. The third-order valence-corrected chi connectivity index (χ3v) is 4.72. The molecule has 0 aromatic heterocycles. The number of phenols is 1. The lowest BCUT2D eigenvalue weighted by Crippen LogP contribution is -2.27. The van der Waals surface area contributed by atoms with Crippen LogP contribution < -0.4 is 10.6 Å². The van der Waals surface area contributed by atoms with Gasteiger partial charge >= 0.3 is 0 Å². The van der Waals surface area contributed by atoms with E-state index in [-0.39, 0.29) is 38.6 Å². The summed E-state index contributed by atoms with van der Waals surface area (Å²) in [6.45, 7) is 0. The summed E-state index contributed by atoms with van der Waals surface area (Å²) in [6.07, 6.45) is 0. The number of hydrogen-bond acceptors (Lipinski definition) is 7. The molecule has 2 aromatic rings. The second-order valence-corrected chi connectivity index (χ2v) is 6.91. The minimum atomic E-state index is -3.65. The van der Waals surface area contributed by atoms with E-state index >= 15 is 0 Å². The van der Waals surface area contributed by atoms with Crippen molar-refractivity contribution in [2.24, 2.45) is 4.40 Å². The van der Waals surface area contributed by atoms with E-state index in [1.807, 2.05) is 6.07 Å². The fourth-order valence-corrected chi connectivity index (χ4v) is 3.54. The van der Waals surface area contributed by atoms with Gasteiger partial charge in [0.05, 0.1) is 17.3 Å². The highest BCUT2D eigenvalue weighted by Gasteiger charge is 2.29. The Morgan fingerprint density at radius 3 is 2.75 bits per heavy atom. The summed E-state index contributed by atoms with van der Waals surface area (Å²) in [7, 11) is -3.65. The molecular weight excluding hydrogens is 359 g/mol. The zero-order valence-electron chi connectivity index (χ0n) is 11.8. The Balaban J connectivity index is 2.00. The fraction of sp³-hybridized carbons (Fsp3) is 0. The van der Waals surface area contributed by atoms with Gasteiger partial charge in [-0.1, -0.05) is 22.4 Å². The summed E-state index contributed by atoms with van der Waals surface area (Å²) >= 11 is 5.79. The fourth-order valence-electron chi connectivity index (χ4n) is 2.10. The van der Waals surface area contributed by atoms with Crippen LogP contribution >= 0.6 is 22.4 Å². The van der Waals surface area contributed by atoms with Crippen LogP contribution in [0.3, 0.4) is 0 Å². The SMILES string of the molecule is N#Cc1ccc(F)c(NC2=NS(O)(O)c3cc(Cl)cc(O)c3N2)c1. The summed E-state index contributed by atoms with van der Waals surface area (Å²) < 4.78 is 37.8. The van der Waals surface area contributed by atoms with E-state index in [0.29, 0.717) is 0 Å². The first-order chi connectivity index (χ1) is 11.3. The molecule has 3 rings (SSSR count). The molecule has 5 N–H and O–H groups in total. The number of phenolic OH excluding ortho intramolecular Hbond substituents is 1. The van der Waals surface area contributed by atoms with E-state index in [1.165, 1.54) is 24.3 Å². The molecule has 0 amide bonds. The summed E-state index contributed by atoms with van der Waals surface area (Å²) in [5.41, 5.74) is 0.109. The van der Waals surface area contributed by atoms with Crippen LogP contribution in [0.25, 0.3) is 0 Å². The van der Waals surface area contributed by atoms with Crippen molar-refractivity contribution in [1.82, 2.24) is 0 Å². The minimum absolute atomic E-state index is 0.00579. The first kappa shape index (κ1) is 16.4. The van der Waals surface area contributed by atoms with Crippen LogP contribution in [-0.4, -0.2) is 20.2 Å². The number of nitrogens with one attached hydrogen (secondary N) is 2. The van der Waals surface area contributed by atoms with E-state index in [1.54, 1.807) is 0 Å². The van der Waals surface area contributed by atoms with E-state index < -0.39 is 16.6 Å². The van der Waals surface area contributed by atoms with Gasteiger partial charge in [-0.15, -0.1) is 4.40 Å². The quantitative estimate of drug-likeness (QED) is 0.485. The smallest absolute Gasteiger partial charge is 0.223 e. The van der Waals surface area contributed by atoms with Gasteiger partial charge < -0.3 is 15.7 Å². The van der Waals surface area contributed by atoms with Gasteiger partial charge in [-0.05, 0) is 24.3 Å². The molecule has 0 radical (unpaired) electrons. The largest absolute Gasteiger partial charge is 0.506 e. The molecule has 1 heterocycles. The second kappa shape index (κ2) is 5.85. The molecule has 0 aliphatic carbocycles. The molecule has 1 aliphatic rings. The maximum Gasteiger partial charge on any atom is 0.223 e. The first-order valence-electron chi connectivity index (χ1n) is 6.44. The Morgan fingerprint density at radius 1 is 1.29 bits per heavy atom. The average molecular weight is 369 g/mol. The third kappa shape index (κ3) is 2.95. The van der Waals surface area contributed by atoms with Crippen LogP contribution in [0.4, 0.5) is 15.8 Å². The molecular formula is C14H10ClFN4O3S. The molecule has 0 saturated heterocycles. The van der Waals surface area contributed by atoms with Gasteiger partial charge in [-0.25, -0.2) is 4.39 Å². The van der Waals surface area contributed by atoms with Gasteiger partial charge in [-0.3, -0.25) is 9.11 Å². The topological polar surface area (TPSA) is 121 Å². The molecule has 0 saturated carbocycles. The van der Waals surface area contributed by atoms with Crippen molar-refractivity contribution in [2.45, 2.75) is 4.90 Å². The van der Waals surface area contributed by atoms with Gasteiger partial charge in [0.1, 0.15) is 22.1 Å². The molecule has 124 valence electrons. The minimum Gasteiger partial charge on any atom is -0.506 e. The summed E-state index contributed by atoms with van der Waals surface area (Å²) in [5, 5.41) is 24.1. The highest BCUT2D eigenvalue weighted by molar-refractivity contribution is 8.23. The zero-order valence-corrected chi connectivity index (χ0v) is 13.4. The van der Waals surface area contributed by atoms with Gasteiger partial charge in [0.25, 0.3) is 0 Å². The van der Waals surface area contributed by atoms with Gasteiger partial charge in [-0.2, -0.15) is 5.26 Å². The molecule has 0 bridgehead atoms. The van der Waals surface area contributed by atoms with Crippen molar-refractivity contribution in [3.8, 4) is 11.8 Å². The van der Waals surface area contributed by atoms with Crippen LogP contribution in [0.5, 0.6) is 5.75 Å². The van der Waals surface area contributed by atoms with Crippen molar-refractivity contribution >= 4 is 39.7 Å². The van der Waals surface area contributed by atoms with Crippen LogP contribution in [0, 0.1) is 17.1 Å². The van der Waals surface area contributed by atoms with Crippen molar-refractivity contribution in [1.29, 1.82) is 5.26 Å². The summed E-state index contributed by atoms with van der Waals surface area (Å²) in [5.74, 6) is -1.19. The maximum absolute atomic E-state index is 13.8. The maximum atomic E-state index is 13.8. The van der Waals surface area contributed by atoms with Gasteiger partial charge in [0, 0.05) is 11.1 Å². The predicted octanol–water partition coefficient (Wildman–Crippen LogP) is 3.97. The summed E-state index contributed by atoms with van der Waals surface area (Å²) in [4.78, 5) is -0.0794. The normalized spacial score (nSPS) is 16.2. The molecule has 24 heavy (non-hydrogen) atoms. The number of aromatic hydroxyl groups is 1. The Labute approximate surface area is 142 Å². The van der Waals surface area contributed by atoms with Crippen LogP contribution in [-0.2, 0) is 0 Å². The number of nitrogens with zero attached hydrogens (tertiary/aromatic N) is 2. The lowest BCUT2D eigenvalue weighted by Gasteiger charge is -2.34. The van der Waals surface area contributed by atoms with Crippen LogP contribution in [0.15, 0.2) is 39.6 Å². The van der Waals surface area contributed by atoms with Crippen LogP contribution in [0.1, 0.15) is 5.56 Å². The van der Waals surface area contributed by atoms with Gasteiger partial charge in [0.15, 0.2) is 0 Å². The zero-order chi connectivity index (χ0) is 17.5. The van der Waals surface area contributed by atoms with Gasteiger partial charge in [0.2, 0.25) is 5.96 Å². The van der Waals surface area contributed by atoms with E-state index in [4.69, 9.17) is 16.9 Å². The number of benzene rings is 2. The third-order valence-electron chi connectivity index (χ3n) is 3.15. The average Bonchev–Trinajstić information content (AvgIpc) is 2.50. The molecule has 0 unspecified atom stereocenters. The number of anilines is 2. The lowest BCUT2D eigenvalue weighted by atomic mass is 10.2. The van der Waals surface area contributed by atoms with E-state index in [0.717, 1.165) is 6.07 Å². The molecule has 0 fully saturated rings. The molecule has 7 nitrogen and oxygen atoms in total.